The maximum atomic E-state index is 6.02. The van der Waals surface area contributed by atoms with Crippen LogP contribution in [-0.4, -0.2) is 19.3 Å². The fourth-order valence-electron chi connectivity index (χ4n) is 2.87. The van der Waals surface area contributed by atoms with Gasteiger partial charge in [-0.25, -0.2) is 0 Å². The van der Waals surface area contributed by atoms with Crippen molar-refractivity contribution in [3.05, 3.63) is 52.6 Å². The standard InChI is InChI=1S/C19H22O2/c1-12-14(3)19(21-11-17-10-20-17)15(4)13(2)18(12)16-8-6-5-7-9-16/h5-9,17H,10-11H2,1-4H3. The molecular formula is C19H22O2. The number of ether oxygens (including phenoxy) is 2. The van der Waals surface area contributed by atoms with Gasteiger partial charge in [-0.15, -0.1) is 0 Å². The number of epoxide rings is 1. The van der Waals surface area contributed by atoms with Gasteiger partial charge in [0.15, 0.2) is 0 Å². The van der Waals surface area contributed by atoms with E-state index in [1.54, 1.807) is 0 Å². The van der Waals surface area contributed by atoms with E-state index in [1.165, 1.54) is 33.4 Å². The third-order valence-corrected chi connectivity index (χ3v) is 4.43. The molecule has 2 nitrogen and oxygen atoms in total. The summed E-state index contributed by atoms with van der Waals surface area (Å²) >= 11 is 0. The zero-order valence-corrected chi connectivity index (χ0v) is 13.2. The fourth-order valence-corrected chi connectivity index (χ4v) is 2.87. The van der Waals surface area contributed by atoms with Gasteiger partial charge in [0.05, 0.1) is 6.61 Å². The van der Waals surface area contributed by atoms with Crippen LogP contribution in [0, 0.1) is 27.7 Å². The molecule has 1 heterocycles. The van der Waals surface area contributed by atoms with Crippen LogP contribution in [0.1, 0.15) is 22.3 Å². The molecule has 0 amide bonds. The summed E-state index contributed by atoms with van der Waals surface area (Å²) in [7, 11) is 0. The molecule has 1 aliphatic heterocycles. The van der Waals surface area contributed by atoms with Crippen molar-refractivity contribution in [2.75, 3.05) is 13.2 Å². The minimum absolute atomic E-state index is 0.290. The lowest BCUT2D eigenvalue weighted by molar-refractivity contribution is 0.260. The van der Waals surface area contributed by atoms with E-state index in [-0.39, 0.29) is 0 Å². The molecule has 0 bridgehead atoms. The molecule has 0 aromatic heterocycles. The summed E-state index contributed by atoms with van der Waals surface area (Å²) in [4.78, 5) is 0. The van der Waals surface area contributed by atoms with Crippen LogP contribution in [0.5, 0.6) is 5.75 Å². The lowest BCUT2D eigenvalue weighted by Crippen LogP contribution is -2.08. The Morgan fingerprint density at radius 2 is 1.52 bits per heavy atom. The first-order valence-electron chi connectivity index (χ1n) is 7.49. The van der Waals surface area contributed by atoms with Crippen molar-refractivity contribution in [2.45, 2.75) is 33.8 Å². The van der Waals surface area contributed by atoms with Gasteiger partial charge in [-0.3, -0.25) is 0 Å². The highest BCUT2D eigenvalue weighted by Crippen LogP contribution is 2.38. The molecule has 21 heavy (non-hydrogen) atoms. The van der Waals surface area contributed by atoms with Crippen LogP contribution < -0.4 is 4.74 Å². The quantitative estimate of drug-likeness (QED) is 0.777. The SMILES string of the molecule is Cc1c(C)c(-c2ccccc2)c(C)c(C)c1OCC1CO1. The zero-order valence-electron chi connectivity index (χ0n) is 13.2. The van der Waals surface area contributed by atoms with Crippen LogP contribution in [0.3, 0.4) is 0 Å². The van der Waals surface area contributed by atoms with Crippen molar-refractivity contribution in [2.24, 2.45) is 0 Å². The molecule has 2 aromatic rings. The molecule has 0 radical (unpaired) electrons. The predicted molar refractivity (Wildman–Crippen MR) is 86.1 cm³/mol. The van der Waals surface area contributed by atoms with Crippen molar-refractivity contribution in [1.82, 2.24) is 0 Å². The molecule has 1 fully saturated rings. The van der Waals surface area contributed by atoms with Gasteiger partial charge in [-0.05, 0) is 61.1 Å². The molecule has 3 rings (SSSR count). The second-order valence-electron chi connectivity index (χ2n) is 5.84. The molecule has 2 aromatic carbocycles. The number of hydrogen-bond acceptors (Lipinski definition) is 2. The van der Waals surface area contributed by atoms with Crippen LogP contribution in [0.2, 0.25) is 0 Å². The lowest BCUT2D eigenvalue weighted by Gasteiger charge is -2.21. The molecule has 0 N–H and O–H groups in total. The molecule has 0 aliphatic carbocycles. The summed E-state index contributed by atoms with van der Waals surface area (Å²) in [5, 5.41) is 0. The van der Waals surface area contributed by atoms with E-state index in [9.17, 15) is 0 Å². The van der Waals surface area contributed by atoms with Crippen LogP contribution in [0.15, 0.2) is 30.3 Å². The van der Waals surface area contributed by atoms with Crippen molar-refractivity contribution in [3.63, 3.8) is 0 Å². The highest BCUT2D eigenvalue weighted by Gasteiger charge is 2.25. The van der Waals surface area contributed by atoms with Gasteiger partial charge in [0.2, 0.25) is 0 Å². The summed E-state index contributed by atoms with van der Waals surface area (Å²) in [5.74, 6) is 1.03. The lowest BCUT2D eigenvalue weighted by atomic mass is 9.89. The normalized spacial score (nSPS) is 16.9. The first-order valence-corrected chi connectivity index (χ1v) is 7.49. The van der Waals surface area contributed by atoms with Crippen molar-refractivity contribution in [1.29, 1.82) is 0 Å². The first-order chi connectivity index (χ1) is 10.1. The molecular weight excluding hydrogens is 260 g/mol. The van der Waals surface area contributed by atoms with Crippen molar-refractivity contribution >= 4 is 0 Å². The Morgan fingerprint density at radius 1 is 0.952 bits per heavy atom. The Hall–Kier alpha value is -1.80. The van der Waals surface area contributed by atoms with Gasteiger partial charge >= 0.3 is 0 Å². The van der Waals surface area contributed by atoms with E-state index in [0.29, 0.717) is 12.7 Å². The molecule has 0 saturated carbocycles. The van der Waals surface area contributed by atoms with Crippen LogP contribution in [-0.2, 0) is 4.74 Å². The molecule has 0 spiro atoms. The monoisotopic (exact) mass is 282 g/mol. The number of rotatable bonds is 4. The third-order valence-electron chi connectivity index (χ3n) is 4.43. The molecule has 1 aliphatic rings. The average molecular weight is 282 g/mol. The highest BCUT2D eigenvalue weighted by atomic mass is 16.6. The van der Waals surface area contributed by atoms with Gasteiger partial charge in [0.1, 0.15) is 18.5 Å². The van der Waals surface area contributed by atoms with Gasteiger partial charge in [-0.2, -0.15) is 0 Å². The molecule has 1 unspecified atom stereocenters. The number of hydrogen-bond donors (Lipinski definition) is 0. The van der Waals surface area contributed by atoms with Crippen LogP contribution in [0.4, 0.5) is 0 Å². The largest absolute Gasteiger partial charge is 0.490 e. The second kappa shape index (κ2) is 5.53. The summed E-state index contributed by atoms with van der Waals surface area (Å²) in [5.41, 5.74) is 7.68. The van der Waals surface area contributed by atoms with Gasteiger partial charge in [-0.1, -0.05) is 30.3 Å². The number of benzene rings is 2. The van der Waals surface area contributed by atoms with Crippen molar-refractivity contribution in [3.8, 4) is 16.9 Å². The maximum absolute atomic E-state index is 6.02. The highest BCUT2D eigenvalue weighted by molar-refractivity contribution is 5.75. The molecule has 110 valence electrons. The first kappa shape index (κ1) is 14.2. The zero-order chi connectivity index (χ0) is 15.0. The predicted octanol–water partition coefficient (Wildman–Crippen LogP) is 4.36. The van der Waals surface area contributed by atoms with Crippen molar-refractivity contribution < 1.29 is 9.47 Å². The van der Waals surface area contributed by atoms with Gasteiger partial charge in [0.25, 0.3) is 0 Å². The third kappa shape index (κ3) is 2.68. The smallest absolute Gasteiger partial charge is 0.125 e. The summed E-state index contributed by atoms with van der Waals surface area (Å²) < 4.78 is 11.3. The Labute approximate surface area is 126 Å². The minimum atomic E-state index is 0.290. The summed E-state index contributed by atoms with van der Waals surface area (Å²) in [6.07, 6.45) is 0.290. The Balaban J connectivity index is 2.06. The van der Waals surface area contributed by atoms with E-state index in [0.717, 1.165) is 12.4 Å². The van der Waals surface area contributed by atoms with E-state index >= 15 is 0 Å². The molecule has 1 atom stereocenters. The van der Waals surface area contributed by atoms with Crippen LogP contribution >= 0.6 is 0 Å². The maximum Gasteiger partial charge on any atom is 0.125 e. The molecule has 1 saturated heterocycles. The second-order valence-corrected chi connectivity index (χ2v) is 5.84. The Kier molecular flexibility index (Phi) is 3.73. The summed E-state index contributed by atoms with van der Waals surface area (Å²) in [6.45, 7) is 10.2. The molecule has 2 heteroatoms. The fraction of sp³-hybridized carbons (Fsp3) is 0.368. The average Bonchev–Trinajstić information content (AvgIpc) is 3.31. The topological polar surface area (TPSA) is 21.8 Å². The van der Waals surface area contributed by atoms with E-state index in [1.807, 2.05) is 0 Å². The van der Waals surface area contributed by atoms with Gasteiger partial charge in [0, 0.05) is 0 Å². The van der Waals surface area contributed by atoms with E-state index in [4.69, 9.17) is 9.47 Å². The van der Waals surface area contributed by atoms with E-state index < -0.39 is 0 Å². The summed E-state index contributed by atoms with van der Waals surface area (Å²) in [6, 6.07) is 10.6. The Bertz CT molecular complexity index is 626. The van der Waals surface area contributed by atoms with Crippen LogP contribution in [0.25, 0.3) is 11.1 Å². The minimum Gasteiger partial charge on any atom is -0.490 e. The Morgan fingerprint density at radius 3 is 2.05 bits per heavy atom. The van der Waals surface area contributed by atoms with Gasteiger partial charge < -0.3 is 9.47 Å². The van der Waals surface area contributed by atoms with E-state index in [2.05, 4.69) is 58.0 Å².